The fraction of sp³-hybridized carbons (Fsp3) is 0.318. The third-order valence-electron chi connectivity index (χ3n) is 4.81. The van der Waals surface area contributed by atoms with Crippen LogP contribution in [0.1, 0.15) is 12.7 Å². The molecule has 3 rings (SSSR count). The zero-order valence-electron chi connectivity index (χ0n) is 17.9. The third-order valence-corrected chi connectivity index (χ3v) is 4.81. The van der Waals surface area contributed by atoms with Crippen LogP contribution in [0.5, 0.6) is 17.2 Å². The van der Waals surface area contributed by atoms with E-state index in [-0.39, 0.29) is 18.7 Å². The highest BCUT2D eigenvalue weighted by Crippen LogP contribution is 2.29. The Balaban J connectivity index is 1.83. The van der Waals surface area contributed by atoms with Gasteiger partial charge in [-0.05, 0) is 25.1 Å². The van der Waals surface area contributed by atoms with E-state index in [1.807, 2.05) is 18.2 Å². The number of methoxy groups -OCH3 is 3. The van der Waals surface area contributed by atoms with Crippen molar-refractivity contribution in [2.24, 2.45) is 0 Å². The molecule has 0 aliphatic heterocycles. The van der Waals surface area contributed by atoms with Crippen molar-refractivity contribution in [2.45, 2.75) is 19.0 Å². The molecule has 0 saturated heterocycles. The van der Waals surface area contributed by atoms with Gasteiger partial charge in [-0.25, -0.2) is 9.78 Å². The molecular weight excluding hydrogens is 402 g/mol. The number of H-pyrrole nitrogens is 1. The molecule has 0 spiro atoms. The van der Waals surface area contributed by atoms with Crippen LogP contribution in [-0.4, -0.2) is 49.4 Å². The maximum absolute atomic E-state index is 12.6. The Bertz CT molecular complexity index is 1120. The number of nitrogens with zero attached hydrogens (tertiary/aromatic N) is 1. The van der Waals surface area contributed by atoms with Crippen LogP contribution in [0.4, 0.5) is 0 Å². The van der Waals surface area contributed by atoms with Crippen molar-refractivity contribution in [3.63, 3.8) is 0 Å². The van der Waals surface area contributed by atoms with Gasteiger partial charge in [-0.1, -0.05) is 18.2 Å². The van der Waals surface area contributed by atoms with Crippen LogP contribution in [0.25, 0.3) is 10.9 Å². The van der Waals surface area contributed by atoms with Crippen molar-refractivity contribution in [3.05, 3.63) is 58.6 Å². The fourth-order valence-electron chi connectivity index (χ4n) is 3.03. The number of para-hydroxylation sites is 1. The number of aromatic amines is 1. The number of benzene rings is 2. The average Bonchev–Trinajstić information content (AvgIpc) is 2.80. The van der Waals surface area contributed by atoms with Gasteiger partial charge in [0, 0.05) is 6.07 Å². The summed E-state index contributed by atoms with van der Waals surface area (Å²) in [6.45, 7) is 1.78. The van der Waals surface area contributed by atoms with Crippen molar-refractivity contribution in [1.29, 1.82) is 0 Å². The minimum Gasteiger partial charge on any atom is -0.493 e. The van der Waals surface area contributed by atoms with Gasteiger partial charge in [0.25, 0.3) is 5.56 Å². The maximum Gasteiger partial charge on any atom is 0.329 e. The van der Waals surface area contributed by atoms with Gasteiger partial charge in [0.2, 0.25) is 0 Å². The molecule has 1 heterocycles. The van der Waals surface area contributed by atoms with E-state index in [4.69, 9.17) is 18.9 Å². The van der Waals surface area contributed by atoms with Crippen molar-refractivity contribution < 1.29 is 23.7 Å². The van der Waals surface area contributed by atoms with Crippen LogP contribution in [0.3, 0.4) is 0 Å². The van der Waals surface area contributed by atoms with E-state index in [0.717, 1.165) is 0 Å². The van der Waals surface area contributed by atoms with Crippen molar-refractivity contribution in [1.82, 2.24) is 15.3 Å². The minimum absolute atomic E-state index is 0.0204. The number of esters is 1. The number of fused-ring (bicyclic) bond motifs is 1. The average molecular weight is 427 g/mol. The standard InChI is InChI=1S/C22H25N3O6/c1-22(21(27)30-4,13-31-14-8-6-5-7-9-14)23-12-19-24-16-11-18(29-3)17(28-2)10-15(16)20(26)25-19/h5-11,23H,12-13H2,1-4H3,(H,24,25,26). The van der Waals surface area contributed by atoms with E-state index in [1.165, 1.54) is 21.3 Å². The van der Waals surface area contributed by atoms with Gasteiger partial charge in [0.1, 0.15) is 23.7 Å². The number of nitrogens with one attached hydrogen (secondary N) is 2. The Morgan fingerprint density at radius 2 is 1.77 bits per heavy atom. The largest absolute Gasteiger partial charge is 0.493 e. The van der Waals surface area contributed by atoms with Gasteiger partial charge in [-0.2, -0.15) is 0 Å². The first-order chi connectivity index (χ1) is 14.9. The van der Waals surface area contributed by atoms with Gasteiger partial charge < -0.3 is 23.9 Å². The molecular formula is C22H25N3O6. The fourth-order valence-corrected chi connectivity index (χ4v) is 3.03. The lowest BCUT2D eigenvalue weighted by molar-refractivity contribution is -0.149. The quantitative estimate of drug-likeness (QED) is 0.499. The Morgan fingerprint density at radius 1 is 1.10 bits per heavy atom. The zero-order valence-corrected chi connectivity index (χ0v) is 17.9. The zero-order chi connectivity index (χ0) is 22.4. The number of ether oxygens (including phenoxy) is 4. The summed E-state index contributed by atoms with van der Waals surface area (Å²) in [5.74, 6) is 1.36. The van der Waals surface area contributed by atoms with Crippen molar-refractivity contribution in [2.75, 3.05) is 27.9 Å². The summed E-state index contributed by atoms with van der Waals surface area (Å²) in [5, 5.41) is 3.45. The molecule has 1 atom stereocenters. The number of carbonyl (C=O) groups excluding carboxylic acids is 1. The molecule has 0 radical (unpaired) electrons. The number of aromatic nitrogens is 2. The highest BCUT2D eigenvalue weighted by molar-refractivity contribution is 5.82. The van der Waals surface area contributed by atoms with E-state index >= 15 is 0 Å². The first kappa shape index (κ1) is 22.1. The number of rotatable bonds is 9. The molecule has 1 unspecified atom stereocenters. The molecule has 1 aromatic heterocycles. The van der Waals surface area contributed by atoms with E-state index in [2.05, 4.69) is 15.3 Å². The number of hydrogen-bond donors (Lipinski definition) is 2. The molecule has 0 bridgehead atoms. The summed E-state index contributed by atoms with van der Waals surface area (Å²) in [6, 6.07) is 12.3. The summed E-state index contributed by atoms with van der Waals surface area (Å²) < 4.78 is 21.2. The van der Waals surface area contributed by atoms with Gasteiger partial charge in [-0.15, -0.1) is 0 Å². The van der Waals surface area contributed by atoms with Gasteiger partial charge in [0.15, 0.2) is 11.5 Å². The normalized spacial score (nSPS) is 12.8. The van der Waals surface area contributed by atoms with Gasteiger partial charge in [-0.3, -0.25) is 10.1 Å². The monoisotopic (exact) mass is 427 g/mol. The predicted octanol–water partition coefficient (Wildman–Crippen LogP) is 2.04. The lowest BCUT2D eigenvalue weighted by atomic mass is 10.0. The van der Waals surface area contributed by atoms with Crippen LogP contribution < -0.4 is 25.1 Å². The highest BCUT2D eigenvalue weighted by Gasteiger charge is 2.35. The molecule has 2 aromatic carbocycles. The first-order valence-corrected chi connectivity index (χ1v) is 9.56. The second-order valence-corrected chi connectivity index (χ2v) is 7.02. The SMILES string of the molecule is COC(=O)C(C)(COc1ccccc1)NCc1nc2cc(OC)c(OC)cc2c(=O)[nH]1. The second-order valence-electron chi connectivity index (χ2n) is 7.02. The summed E-state index contributed by atoms with van der Waals surface area (Å²) in [4.78, 5) is 32.2. The Labute approximate surface area is 179 Å². The molecule has 9 heteroatoms. The van der Waals surface area contributed by atoms with Gasteiger partial charge >= 0.3 is 5.97 Å². The molecule has 9 nitrogen and oxygen atoms in total. The molecule has 0 fully saturated rings. The number of hydrogen-bond acceptors (Lipinski definition) is 8. The molecule has 31 heavy (non-hydrogen) atoms. The molecule has 3 aromatic rings. The summed E-state index contributed by atoms with van der Waals surface area (Å²) >= 11 is 0. The topological polar surface area (TPSA) is 112 Å². The Hall–Kier alpha value is -3.59. The molecule has 0 aliphatic rings. The molecule has 0 aliphatic carbocycles. The lowest BCUT2D eigenvalue weighted by Crippen LogP contribution is -2.54. The second kappa shape index (κ2) is 9.48. The van der Waals surface area contributed by atoms with Crippen molar-refractivity contribution >= 4 is 16.9 Å². The molecule has 0 amide bonds. The molecule has 0 saturated carbocycles. The van der Waals surface area contributed by atoms with Gasteiger partial charge in [0.05, 0.1) is 38.8 Å². The highest BCUT2D eigenvalue weighted by atomic mass is 16.5. The van der Waals surface area contributed by atoms with E-state index in [9.17, 15) is 9.59 Å². The van der Waals surface area contributed by atoms with E-state index in [1.54, 1.807) is 31.2 Å². The summed E-state index contributed by atoms with van der Waals surface area (Å²) in [6.07, 6.45) is 0. The third kappa shape index (κ3) is 4.95. The number of carbonyl (C=O) groups is 1. The molecule has 164 valence electrons. The Kier molecular flexibility index (Phi) is 6.76. The summed E-state index contributed by atoms with van der Waals surface area (Å²) in [7, 11) is 4.31. The first-order valence-electron chi connectivity index (χ1n) is 9.56. The predicted molar refractivity (Wildman–Crippen MR) is 115 cm³/mol. The smallest absolute Gasteiger partial charge is 0.329 e. The van der Waals surface area contributed by atoms with Crippen LogP contribution in [0.15, 0.2) is 47.3 Å². The van der Waals surface area contributed by atoms with Crippen LogP contribution in [0, 0.1) is 0 Å². The van der Waals surface area contributed by atoms with Crippen LogP contribution >= 0.6 is 0 Å². The Morgan fingerprint density at radius 3 is 2.42 bits per heavy atom. The van der Waals surface area contributed by atoms with Crippen LogP contribution in [-0.2, 0) is 16.1 Å². The molecule has 2 N–H and O–H groups in total. The van der Waals surface area contributed by atoms with E-state index < -0.39 is 11.5 Å². The van der Waals surface area contributed by atoms with Crippen LogP contribution in [0.2, 0.25) is 0 Å². The summed E-state index contributed by atoms with van der Waals surface area (Å²) in [5.41, 5.74) is -1.06. The van der Waals surface area contributed by atoms with Crippen molar-refractivity contribution in [3.8, 4) is 17.2 Å². The maximum atomic E-state index is 12.6. The van der Waals surface area contributed by atoms with E-state index in [0.29, 0.717) is 34.0 Å². The minimum atomic E-state index is -1.17. The lowest BCUT2D eigenvalue weighted by Gasteiger charge is -2.27.